The molecule has 132 valence electrons. The maximum Gasteiger partial charge on any atom is 0.306 e. The molecule has 2 bridgehead atoms. The van der Waals surface area contributed by atoms with Gasteiger partial charge in [-0.05, 0) is 55.4 Å². The van der Waals surface area contributed by atoms with Gasteiger partial charge in [-0.15, -0.1) is 0 Å². The number of carboxylic acids is 1. The van der Waals surface area contributed by atoms with Crippen LogP contribution in [0.1, 0.15) is 56.1 Å². The summed E-state index contributed by atoms with van der Waals surface area (Å²) in [5.41, 5.74) is 4.48. The number of aromatic nitrogens is 2. The number of benzene rings is 1. The summed E-state index contributed by atoms with van der Waals surface area (Å²) < 4.78 is 0. The third kappa shape index (κ3) is 4.88. The number of aliphatic carboxylic acids is 1. The van der Waals surface area contributed by atoms with E-state index in [1.54, 1.807) is 6.20 Å². The van der Waals surface area contributed by atoms with Crippen LogP contribution in [-0.4, -0.2) is 21.3 Å². The van der Waals surface area contributed by atoms with E-state index in [-0.39, 0.29) is 5.92 Å². The highest BCUT2D eigenvalue weighted by Gasteiger charge is 2.17. The first kappa shape index (κ1) is 17.6. The topological polar surface area (TPSA) is 63.1 Å². The molecule has 4 nitrogen and oxygen atoms in total. The van der Waals surface area contributed by atoms with Crippen LogP contribution < -0.4 is 0 Å². The van der Waals surface area contributed by atoms with Gasteiger partial charge >= 0.3 is 5.97 Å². The van der Waals surface area contributed by atoms with E-state index in [2.05, 4.69) is 34.5 Å². The molecule has 0 saturated heterocycles. The van der Waals surface area contributed by atoms with Gasteiger partial charge in [-0.25, -0.2) is 0 Å². The molecule has 1 aromatic heterocycles. The standard InChI is InChI=1S/C21H26N2O2/c24-21(25)18-9-5-3-1-2-4-8-17-13-14-22-23-20(17)19-10-6-7-16(15-19)11-12-18/h6-7,10,13-15,18H,1-5,8-9,11-12H2,(H,24,25). The van der Waals surface area contributed by atoms with Crippen LogP contribution in [0.15, 0.2) is 36.5 Å². The van der Waals surface area contributed by atoms with Crippen LogP contribution in [-0.2, 0) is 17.6 Å². The summed E-state index contributed by atoms with van der Waals surface area (Å²) in [5, 5.41) is 17.9. The Morgan fingerprint density at radius 1 is 1.00 bits per heavy atom. The van der Waals surface area contributed by atoms with E-state index in [0.29, 0.717) is 6.42 Å². The Kier molecular flexibility index (Phi) is 6.15. The molecule has 3 rings (SSSR count). The average Bonchev–Trinajstić information content (AvgIpc) is 2.63. The van der Waals surface area contributed by atoms with E-state index in [1.807, 2.05) is 6.07 Å². The zero-order valence-corrected chi connectivity index (χ0v) is 14.7. The van der Waals surface area contributed by atoms with Crippen molar-refractivity contribution in [1.82, 2.24) is 10.2 Å². The molecule has 0 spiro atoms. The van der Waals surface area contributed by atoms with Crippen molar-refractivity contribution in [2.45, 2.75) is 57.8 Å². The zero-order chi connectivity index (χ0) is 17.5. The summed E-state index contributed by atoms with van der Waals surface area (Å²) in [6.45, 7) is 0. The van der Waals surface area contributed by atoms with Crippen LogP contribution in [0, 0.1) is 5.92 Å². The molecule has 0 saturated carbocycles. The molecule has 1 unspecified atom stereocenters. The molecule has 25 heavy (non-hydrogen) atoms. The molecule has 2 aromatic rings. The van der Waals surface area contributed by atoms with Gasteiger partial charge in [-0.1, -0.05) is 43.9 Å². The van der Waals surface area contributed by atoms with Crippen LogP contribution in [0.5, 0.6) is 0 Å². The molecule has 1 atom stereocenters. The Balaban J connectivity index is 1.87. The van der Waals surface area contributed by atoms with E-state index in [4.69, 9.17) is 0 Å². The Morgan fingerprint density at radius 2 is 1.84 bits per heavy atom. The second-order valence-corrected chi connectivity index (χ2v) is 6.99. The van der Waals surface area contributed by atoms with Gasteiger partial charge in [0.2, 0.25) is 0 Å². The smallest absolute Gasteiger partial charge is 0.306 e. The number of carboxylic acid groups (broad SMARTS) is 1. The van der Waals surface area contributed by atoms with E-state index in [1.165, 1.54) is 24.0 Å². The summed E-state index contributed by atoms with van der Waals surface area (Å²) >= 11 is 0. The van der Waals surface area contributed by atoms with Gasteiger partial charge in [-0.3, -0.25) is 4.79 Å². The first-order valence-corrected chi connectivity index (χ1v) is 9.37. The van der Waals surface area contributed by atoms with Crippen LogP contribution in [0.25, 0.3) is 11.3 Å². The minimum Gasteiger partial charge on any atom is -0.481 e. The fraction of sp³-hybridized carbons (Fsp3) is 0.476. The summed E-state index contributed by atoms with van der Waals surface area (Å²) in [4.78, 5) is 11.5. The van der Waals surface area contributed by atoms with Crippen molar-refractivity contribution in [1.29, 1.82) is 0 Å². The predicted octanol–water partition coefficient (Wildman–Crippen LogP) is 4.67. The molecule has 0 fully saturated rings. The summed E-state index contributed by atoms with van der Waals surface area (Å²) in [6, 6.07) is 10.4. The molecule has 1 N–H and O–H groups in total. The molecule has 0 amide bonds. The number of aryl methyl sites for hydroxylation is 2. The lowest BCUT2D eigenvalue weighted by atomic mass is 9.93. The van der Waals surface area contributed by atoms with Crippen LogP contribution in [0.4, 0.5) is 0 Å². The third-order valence-corrected chi connectivity index (χ3v) is 5.13. The zero-order valence-electron chi connectivity index (χ0n) is 14.7. The fourth-order valence-electron chi connectivity index (χ4n) is 3.65. The minimum atomic E-state index is -0.656. The van der Waals surface area contributed by atoms with Gasteiger partial charge in [0.1, 0.15) is 0 Å². The molecule has 0 aliphatic heterocycles. The van der Waals surface area contributed by atoms with E-state index in [0.717, 1.165) is 49.8 Å². The molecule has 1 aliphatic carbocycles. The lowest BCUT2D eigenvalue weighted by Gasteiger charge is -2.12. The Labute approximate surface area is 149 Å². The van der Waals surface area contributed by atoms with Crippen molar-refractivity contribution < 1.29 is 9.90 Å². The van der Waals surface area contributed by atoms with Crippen LogP contribution >= 0.6 is 0 Å². The van der Waals surface area contributed by atoms with Gasteiger partial charge < -0.3 is 5.11 Å². The molecule has 0 radical (unpaired) electrons. The second kappa shape index (κ2) is 8.75. The normalized spacial score (nSPS) is 19.3. The first-order chi connectivity index (χ1) is 12.2. The largest absolute Gasteiger partial charge is 0.481 e. The third-order valence-electron chi connectivity index (χ3n) is 5.13. The van der Waals surface area contributed by atoms with Gasteiger partial charge in [0.25, 0.3) is 0 Å². The maximum absolute atomic E-state index is 11.5. The molecular weight excluding hydrogens is 312 g/mol. The molecule has 1 aliphatic rings. The number of hydrogen-bond acceptors (Lipinski definition) is 3. The number of fused-ring (bicyclic) bond motifs is 4. The lowest BCUT2D eigenvalue weighted by molar-refractivity contribution is -0.142. The van der Waals surface area contributed by atoms with Crippen molar-refractivity contribution in [3.05, 3.63) is 47.7 Å². The minimum absolute atomic E-state index is 0.235. The monoisotopic (exact) mass is 338 g/mol. The van der Waals surface area contributed by atoms with Gasteiger partial charge in [-0.2, -0.15) is 10.2 Å². The van der Waals surface area contributed by atoms with Crippen molar-refractivity contribution in [2.24, 2.45) is 5.92 Å². The van der Waals surface area contributed by atoms with Crippen LogP contribution in [0.3, 0.4) is 0 Å². The van der Waals surface area contributed by atoms with E-state index in [9.17, 15) is 9.90 Å². The number of carbonyl (C=O) groups is 1. The number of rotatable bonds is 1. The van der Waals surface area contributed by atoms with Crippen molar-refractivity contribution in [3.8, 4) is 11.3 Å². The molecule has 4 heteroatoms. The highest BCUT2D eigenvalue weighted by Crippen LogP contribution is 2.25. The van der Waals surface area contributed by atoms with Gasteiger partial charge in [0.05, 0.1) is 11.6 Å². The Hall–Kier alpha value is -2.23. The average molecular weight is 338 g/mol. The number of nitrogens with zero attached hydrogens (tertiary/aromatic N) is 2. The van der Waals surface area contributed by atoms with Gasteiger partial charge in [0.15, 0.2) is 0 Å². The lowest BCUT2D eigenvalue weighted by Crippen LogP contribution is -2.14. The molecular formula is C21H26N2O2. The Morgan fingerprint density at radius 3 is 2.72 bits per heavy atom. The Bertz CT molecular complexity index is 715. The first-order valence-electron chi connectivity index (χ1n) is 9.37. The van der Waals surface area contributed by atoms with E-state index < -0.39 is 5.97 Å². The predicted molar refractivity (Wildman–Crippen MR) is 98.3 cm³/mol. The summed E-state index contributed by atoms with van der Waals surface area (Å²) in [5.74, 6) is -0.891. The second-order valence-electron chi connectivity index (χ2n) is 6.99. The van der Waals surface area contributed by atoms with Gasteiger partial charge in [0, 0.05) is 11.8 Å². The number of hydrogen-bond donors (Lipinski definition) is 1. The highest BCUT2D eigenvalue weighted by atomic mass is 16.4. The van der Waals surface area contributed by atoms with E-state index >= 15 is 0 Å². The van der Waals surface area contributed by atoms with Crippen molar-refractivity contribution in [3.63, 3.8) is 0 Å². The highest BCUT2D eigenvalue weighted by molar-refractivity contribution is 5.70. The molecule has 1 heterocycles. The molecule has 1 aromatic carbocycles. The summed E-state index contributed by atoms with van der Waals surface area (Å²) in [7, 11) is 0. The SMILES string of the molecule is O=C(O)C1CCCCCCCc2ccnnc2-c2cccc(c2)CC1. The summed E-state index contributed by atoms with van der Waals surface area (Å²) in [6.07, 6.45) is 10.7. The fourth-order valence-corrected chi connectivity index (χ4v) is 3.65. The van der Waals surface area contributed by atoms with Crippen LogP contribution in [0.2, 0.25) is 0 Å². The quantitative estimate of drug-likeness (QED) is 0.820. The van der Waals surface area contributed by atoms with Crippen molar-refractivity contribution >= 4 is 5.97 Å². The maximum atomic E-state index is 11.5. The van der Waals surface area contributed by atoms with Crippen molar-refractivity contribution in [2.75, 3.05) is 0 Å².